The molecule has 0 saturated carbocycles. The third-order valence-corrected chi connectivity index (χ3v) is 4.72. The summed E-state index contributed by atoms with van der Waals surface area (Å²) in [4.78, 5) is 23.8. The number of ether oxygens (including phenoxy) is 1. The SMILES string of the molecule is COC(=O)c1ccc(C)c(NC(=O)CSCc2cc(C)cc(C)c2)c1. The molecule has 0 aliphatic rings. The lowest BCUT2D eigenvalue weighted by atomic mass is 10.1. The minimum absolute atomic E-state index is 0.0838. The fourth-order valence-electron chi connectivity index (χ4n) is 2.60. The number of carbonyl (C=O) groups is 2. The van der Waals surface area contributed by atoms with Gasteiger partial charge in [-0.05, 0) is 44.0 Å². The third kappa shape index (κ3) is 5.64. The van der Waals surface area contributed by atoms with Crippen LogP contribution < -0.4 is 5.32 Å². The number of benzene rings is 2. The van der Waals surface area contributed by atoms with E-state index in [1.165, 1.54) is 23.8 Å². The number of aryl methyl sites for hydroxylation is 3. The monoisotopic (exact) mass is 357 g/mol. The highest BCUT2D eigenvalue weighted by Gasteiger charge is 2.10. The number of rotatable bonds is 6. The van der Waals surface area contributed by atoms with E-state index in [1.54, 1.807) is 30.0 Å². The molecule has 0 spiro atoms. The first-order chi connectivity index (χ1) is 11.9. The van der Waals surface area contributed by atoms with E-state index in [1.807, 2.05) is 6.92 Å². The van der Waals surface area contributed by atoms with Gasteiger partial charge < -0.3 is 10.1 Å². The normalized spacial score (nSPS) is 10.4. The summed E-state index contributed by atoms with van der Waals surface area (Å²) < 4.78 is 4.71. The van der Waals surface area contributed by atoms with Crippen molar-refractivity contribution in [3.8, 4) is 0 Å². The van der Waals surface area contributed by atoms with E-state index in [0.29, 0.717) is 17.0 Å². The van der Waals surface area contributed by atoms with Gasteiger partial charge in [0.05, 0.1) is 18.4 Å². The molecule has 5 heteroatoms. The summed E-state index contributed by atoms with van der Waals surface area (Å²) in [5.74, 6) is 0.644. The van der Waals surface area contributed by atoms with E-state index in [-0.39, 0.29) is 5.91 Å². The van der Waals surface area contributed by atoms with Crippen molar-refractivity contribution in [2.45, 2.75) is 26.5 Å². The Morgan fingerprint density at radius 3 is 2.36 bits per heavy atom. The molecule has 132 valence electrons. The van der Waals surface area contributed by atoms with Gasteiger partial charge in [-0.1, -0.05) is 35.4 Å². The van der Waals surface area contributed by atoms with E-state index >= 15 is 0 Å². The van der Waals surface area contributed by atoms with Crippen LogP contribution >= 0.6 is 11.8 Å². The lowest BCUT2D eigenvalue weighted by molar-refractivity contribution is -0.113. The number of carbonyl (C=O) groups excluding carboxylic acids is 2. The molecule has 0 heterocycles. The van der Waals surface area contributed by atoms with Crippen molar-refractivity contribution >= 4 is 29.3 Å². The molecule has 0 radical (unpaired) electrons. The molecule has 25 heavy (non-hydrogen) atoms. The van der Waals surface area contributed by atoms with Crippen LogP contribution in [0.5, 0.6) is 0 Å². The zero-order valence-corrected chi connectivity index (χ0v) is 15.8. The van der Waals surface area contributed by atoms with Crippen LogP contribution in [0.2, 0.25) is 0 Å². The Hall–Kier alpha value is -2.27. The summed E-state index contributed by atoms with van der Waals surface area (Å²) in [7, 11) is 1.34. The van der Waals surface area contributed by atoms with Crippen LogP contribution in [0.3, 0.4) is 0 Å². The number of thioether (sulfide) groups is 1. The van der Waals surface area contributed by atoms with Gasteiger partial charge in [0.25, 0.3) is 0 Å². The molecule has 0 aliphatic heterocycles. The van der Waals surface area contributed by atoms with E-state index in [0.717, 1.165) is 11.3 Å². The summed E-state index contributed by atoms with van der Waals surface area (Å²) in [5.41, 5.74) is 5.65. The second-order valence-electron chi connectivity index (χ2n) is 6.06. The van der Waals surface area contributed by atoms with Crippen LogP contribution in [-0.4, -0.2) is 24.7 Å². The molecule has 4 nitrogen and oxygen atoms in total. The molecule has 0 atom stereocenters. The highest BCUT2D eigenvalue weighted by Crippen LogP contribution is 2.19. The van der Waals surface area contributed by atoms with Crippen molar-refractivity contribution in [3.05, 3.63) is 64.2 Å². The Morgan fingerprint density at radius 2 is 1.72 bits per heavy atom. The van der Waals surface area contributed by atoms with E-state index in [2.05, 4.69) is 37.4 Å². The average molecular weight is 357 g/mol. The molecule has 0 aliphatic carbocycles. The zero-order chi connectivity index (χ0) is 18.4. The second kappa shape index (κ2) is 8.72. The molecule has 0 bridgehead atoms. The highest BCUT2D eigenvalue weighted by molar-refractivity contribution is 7.99. The number of hydrogen-bond acceptors (Lipinski definition) is 4. The van der Waals surface area contributed by atoms with Crippen molar-refractivity contribution in [1.82, 2.24) is 0 Å². The number of esters is 1. The lowest BCUT2D eigenvalue weighted by Gasteiger charge is -2.10. The molecule has 2 aromatic rings. The van der Waals surface area contributed by atoms with Gasteiger partial charge in [-0.15, -0.1) is 11.8 Å². The van der Waals surface area contributed by atoms with E-state index < -0.39 is 5.97 Å². The summed E-state index contributed by atoms with van der Waals surface area (Å²) in [5, 5.41) is 2.87. The van der Waals surface area contributed by atoms with Crippen molar-refractivity contribution in [1.29, 1.82) is 0 Å². The van der Waals surface area contributed by atoms with Gasteiger partial charge in [-0.2, -0.15) is 0 Å². The van der Waals surface area contributed by atoms with Crippen LogP contribution in [0.4, 0.5) is 5.69 Å². The van der Waals surface area contributed by atoms with Crippen molar-refractivity contribution < 1.29 is 14.3 Å². The standard InChI is InChI=1S/C20H23NO3S/c1-13-7-14(2)9-16(8-13)11-25-12-19(22)21-18-10-17(20(23)24-4)6-5-15(18)3/h5-10H,11-12H2,1-4H3,(H,21,22). The number of nitrogens with one attached hydrogen (secondary N) is 1. The number of amides is 1. The first-order valence-corrected chi connectivity index (χ1v) is 9.18. The van der Waals surface area contributed by atoms with Gasteiger partial charge in [-0.3, -0.25) is 4.79 Å². The molecule has 0 saturated heterocycles. The molecule has 2 rings (SSSR count). The number of methoxy groups -OCH3 is 1. The Labute approximate surface area is 153 Å². The summed E-state index contributed by atoms with van der Waals surface area (Å²) in [6.07, 6.45) is 0. The molecular weight excluding hydrogens is 334 g/mol. The number of anilines is 1. The fourth-order valence-corrected chi connectivity index (χ4v) is 3.36. The van der Waals surface area contributed by atoms with Crippen LogP contribution in [0.25, 0.3) is 0 Å². The maximum Gasteiger partial charge on any atom is 0.337 e. The van der Waals surface area contributed by atoms with Crippen LogP contribution in [0, 0.1) is 20.8 Å². The first-order valence-electron chi connectivity index (χ1n) is 8.03. The summed E-state index contributed by atoms with van der Waals surface area (Å²) in [6.45, 7) is 6.04. The predicted molar refractivity (Wildman–Crippen MR) is 103 cm³/mol. The topological polar surface area (TPSA) is 55.4 Å². The van der Waals surface area contributed by atoms with Gasteiger partial charge in [0.2, 0.25) is 5.91 Å². The van der Waals surface area contributed by atoms with Gasteiger partial charge >= 0.3 is 5.97 Å². The Bertz CT molecular complexity index is 766. The minimum atomic E-state index is -0.417. The quantitative estimate of drug-likeness (QED) is 0.785. The lowest BCUT2D eigenvalue weighted by Crippen LogP contribution is -2.15. The van der Waals surface area contributed by atoms with Crippen LogP contribution in [-0.2, 0) is 15.3 Å². The Kier molecular flexibility index (Phi) is 6.65. The van der Waals surface area contributed by atoms with E-state index in [4.69, 9.17) is 4.74 Å². The number of hydrogen-bond donors (Lipinski definition) is 1. The smallest absolute Gasteiger partial charge is 0.337 e. The maximum absolute atomic E-state index is 12.2. The molecule has 2 aromatic carbocycles. The second-order valence-corrected chi connectivity index (χ2v) is 7.04. The van der Waals surface area contributed by atoms with Crippen molar-refractivity contribution in [2.75, 3.05) is 18.2 Å². The van der Waals surface area contributed by atoms with Gasteiger partial charge in [0.1, 0.15) is 0 Å². The maximum atomic E-state index is 12.2. The fraction of sp³-hybridized carbons (Fsp3) is 0.300. The van der Waals surface area contributed by atoms with Gasteiger partial charge in [-0.25, -0.2) is 4.79 Å². The van der Waals surface area contributed by atoms with Crippen LogP contribution in [0.1, 0.15) is 32.6 Å². The predicted octanol–water partition coefficient (Wildman–Crippen LogP) is 4.27. The minimum Gasteiger partial charge on any atom is -0.465 e. The molecular formula is C20H23NO3S. The largest absolute Gasteiger partial charge is 0.465 e. The van der Waals surface area contributed by atoms with E-state index in [9.17, 15) is 9.59 Å². The molecule has 0 unspecified atom stereocenters. The highest BCUT2D eigenvalue weighted by atomic mass is 32.2. The average Bonchev–Trinajstić information content (AvgIpc) is 2.55. The van der Waals surface area contributed by atoms with Gasteiger partial charge in [0.15, 0.2) is 0 Å². The van der Waals surface area contributed by atoms with Crippen molar-refractivity contribution in [3.63, 3.8) is 0 Å². The first kappa shape index (κ1) is 19.1. The summed E-state index contributed by atoms with van der Waals surface area (Å²) in [6, 6.07) is 11.5. The van der Waals surface area contributed by atoms with Crippen LogP contribution in [0.15, 0.2) is 36.4 Å². The zero-order valence-electron chi connectivity index (χ0n) is 15.0. The molecule has 1 N–H and O–H groups in total. The molecule has 0 aromatic heterocycles. The molecule has 1 amide bonds. The van der Waals surface area contributed by atoms with Crippen molar-refractivity contribution in [2.24, 2.45) is 0 Å². The molecule has 0 fully saturated rings. The third-order valence-electron chi connectivity index (χ3n) is 3.72. The Morgan fingerprint density at radius 1 is 1.04 bits per heavy atom. The Balaban J connectivity index is 1.93. The van der Waals surface area contributed by atoms with Gasteiger partial charge in [0, 0.05) is 11.4 Å². The summed E-state index contributed by atoms with van der Waals surface area (Å²) >= 11 is 1.57.